The minimum Gasteiger partial charge on any atom is -0.507 e. The summed E-state index contributed by atoms with van der Waals surface area (Å²) < 4.78 is 28.1. The number of hydrogen-bond acceptors (Lipinski definition) is 19. The van der Waals surface area contributed by atoms with Crippen molar-refractivity contribution in [3.05, 3.63) is 63.7 Å². The van der Waals surface area contributed by atoms with Gasteiger partial charge in [0.25, 0.3) is 0 Å². The number of rotatable bonds is 16. The number of fused-ring (bicyclic) bond motifs is 3. The van der Waals surface area contributed by atoms with Gasteiger partial charge in [0.15, 0.2) is 23.6 Å². The molecule has 6 atom stereocenters. The molecule has 0 spiro atoms. The van der Waals surface area contributed by atoms with Gasteiger partial charge >= 0.3 is 11.9 Å². The second-order valence-electron chi connectivity index (χ2n) is 18.1. The van der Waals surface area contributed by atoms with Crippen LogP contribution in [0.4, 0.5) is 0 Å². The monoisotopic (exact) mass is 947 g/mol. The minimum atomic E-state index is -2.23. The number of allylic oxidation sites excluding steroid dienone is 2. The number of phenolic OH excluding ortho intramolecular Hbond substituents is 2. The van der Waals surface area contributed by atoms with Crippen LogP contribution in [-0.2, 0) is 49.3 Å². The fraction of sp³-hybridized carbons (Fsp3) is 0.542. The molecule has 20 nitrogen and oxygen atoms in total. The molecule has 2 aromatic carbocycles. The third-order valence-electron chi connectivity index (χ3n) is 13.6. The summed E-state index contributed by atoms with van der Waals surface area (Å²) in [6.07, 6.45) is -1.32. The quantitative estimate of drug-likeness (QED) is 0.0206. The number of methoxy groups -OCH3 is 1. The van der Waals surface area contributed by atoms with E-state index in [4.69, 9.17) is 23.7 Å². The first-order valence-corrected chi connectivity index (χ1v) is 22.7. The van der Waals surface area contributed by atoms with Crippen molar-refractivity contribution in [1.29, 1.82) is 0 Å². The van der Waals surface area contributed by atoms with Crippen LogP contribution in [0, 0.1) is 17.8 Å². The fourth-order valence-corrected chi connectivity index (χ4v) is 10.1. The summed E-state index contributed by atoms with van der Waals surface area (Å²) in [6, 6.07) is 3.64. The number of hydrazone groups is 1. The molecule has 5 aliphatic rings. The molecule has 68 heavy (non-hydrogen) atoms. The Hall–Kier alpha value is -5.90. The van der Waals surface area contributed by atoms with Gasteiger partial charge in [-0.05, 0) is 76.1 Å². The molecular formula is C48H57N3O17. The van der Waals surface area contributed by atoms with Crippen molar-refractivity contribution >= 4 is 46.7 Å². The molecule has 4 aliphatic carbocycles. The number of benzene rings is 2. The first-order chi connectivity index (χ1) is 32.3. The average molecular weight is 948 g/mol. The summed E-state index contributed by atoms with van der Waals surface area (Å²) in [4.78, 5) is 89.3. The van der Waals surface area contributed by atoms with Gasteiger partial charge in [-0.25, -0.2) is 5.43 Å². The lowest BCUT2D eigenvalue weighted by molar-refractivity contribution is -0.248. The van der Waals surface area contributed by atoms with E-state index in [1.54, 1.807) is 6.92 Å². The highest BCUT2D eigenvalue weighted by Gasteiger charge is 2.50. The number of carbonyl (C=O) groups excluding carboxylic acids is 7. The van der Waals surface area contributed by atoms with E-state index in [0.29, 0.717) is 38.5 Å². The number of nitrogens with one attached hydrogen (secondary N) is 2. The lowest BCUT2D eigenvalue weighted by Crippen LogP contribution is -2.55. The maximum Gasteiger partial charge on any atom is 0.305 e. The number of nitrogens with zero attached hydrogens (tertiary/aromatic N) is 1. The number of aliphatic hydroxyl groups excluding tert-OH is 2. The van der Waals surface area contributed by atoms with Crippen LogP contribution in [0.2, 0.25) is 0 Å². The first kappa shape index (κ1) is 50.0. The third-order valence-corrected chi connectivity index (χ3v) is 13.6. The van der Waals surface area contributed by atoms with Crippen LogP contribution < -0.4 is 15.5 Å². The van der Waals surface area contributed by atoms with Gasteiger partial charge in [-0.15, -0.1) is 0 Å². The number of amides is 1. The maximum absolute atomic E-state index is 14.2. The van der Waals surface area contributed by atoms with Gasteiger partial charge in [-0.3, -0.25) is 33.6 Å². The van der Waals surface area contributed by atoms with Crippen molar-refractivity contribution in [1.82, 2.24) is 10.7 Å². The molecule has 0 aromatic heterocycles. The number of hydrogen-bond donors (Lipinski definition) is 7. The third kappa shape index (κ3) is 10.3. The van der Waals surface area contributed by atoms with E-state index >= 15 is 0 Å². The van der Waals surface area contributed by atoms with Crippen molar-refractivity contribution < 1.29 is 82.8 Å². The molecule has 1 amide bonds. The molecule has 2 fully saturated rings. The number of carbonyl (C=O) groups is 7. The van der Waals surface area contributed by atoms with Crippen LogP contribution in [0.25, 0.3) is 0 Å². The lowest BCUT2D eigenvalue weighted by atomic mass is 9.71. The minimum absolute atomic E-state index is 0.0316. The molecule has 4 unspecified atom stereocenters. The van der Waals surface area contributed by atoms with Crippen LogP contribution >= 0.6 is 0 Å². The Morgan fingerprint density at radius 2 is 1.60 bits per heavy atom. The Kier molecular flexibility index (Phi) is 15.3. The summed E-state index contributed by atoms with van der Waals surface area (Å²) in [5, 5.41) is 66.0. The van der Waals surface area contributed by atoms with Crippen LogP contribution in [0.5, 0.6) is 17.2 Å². The molecule has 7 N–H and O–H groups in total. The molecule has 1 aliphatic heterocycles. The predicted octanol–water partition coefficient (Wildman–Crippen LogP) is 2.29. The Balaban J connectivity index is 1.15. The van der Waals surface area contributed by atoms with E-state index in [9.17, 15) is 59.1 Å². The highest BCUT2D eigenvalue weighted by Crippen LogP contribution is 2.53. The maximum atomic E-state index is 14.2. The SMILES string of the molecule is COc1cccc2c1C(=O)c1c(O)c3c(c(O)c1C2=O)C[C@@](O)(/C(CO)=N/NC(=O)C1CCC(CC2C(=O)C=CC2=O)CC1)C[C@@H]3OC1CC(NCCCC(OC(C)=O)OC(C)=O)C(O)C(C)O1. The van der Waals surface area contributed by atoms with E-state index in [2.05, 4.69) is 15.8 Å². The topological polar surface area (TPSA) is 303 Å². The zero-order chi connectivity index (χ0) is 49.2. The molecule has 366 valence electrons. The zero-order valence-corrected chi connectivity index (χ0v) is 38.2. The van der Waals surface area contributed by atoms with E-state index in [1.165, 1.54) is 51.3 Å². The molecule has 0 bridgehead atoms. The Labute approximate surface area is 391 Å². The second kappa shape index (κ2) is 20.8. The van der Waals surface area contributed by atoms with Gasteiger partial charge in [-0.2, -0.15) is 5.10 Å². The van der Waals surface area contributed by atoms with Gasteiger partial charge in [-0.1, -0.05) is 12.1 Å². The summed E-state index contributed by atoms with van der Waals surface area (Å²) in [6.45, 7) is 3.29. The summed E-state index contributed by atoms with van der Waals surface area (Å²) in [7, 11) is 1.31. The molecule has 2 aromatic rings. The van der Waals surface area contributed by atoms with E-state index in [1.807, 2.05) is 0 Å². The standard InChI is InChI=1S/C48H57N3O17/c1-22-42(57)30(49-16-6-9-36(66-23(2)53)67-24(3)54)18-37(65-22)68-34-20-48(63,35(21-52)50-51-47(62)26-12-10-25(11-13-26)17-28-31(55)14-15-32(28)56)19-29-39(34)46(61)41-40(44(29)59)43(58)27-7-5-8-33(64-4)38(27)45(41)60/h5,7-8,14-15,22,25-26,28,30,34,36-37,42,49,52,57,59,61,63H,6,9-13,16-21H2,1-4H3,(H,51,62)/b50-35+/t22?,25?,26?,30?,34-,37?,42?,48-/m0/s1. The molecular weight excluding hydrogens is 891 g/mol. The van der Waals surface area contributed by atoms with E-state index in [0.717, 1.165) is 0 Å². The number of aliphatic hydroxyl groups is 3. The summed E-state index contributed by atoms with van der Waals surface area (Å²) in [5.74, 6) is -6.40. The Morgan fingerprint density at radius 3 is 2.24 bits per heavy atom. The van der Waals surface area contributed by atoms with Gasteiger partial charge in [0.05, 0.1) is 60.3 Å². The first-order valence-electron chi connectivity index (χ1n) is 22.7. The van der Waals surface area contributed by atoms with Crippen molar-refractivity contribution in [3.63, 3.8) is 0 Å². The fourth-order valence-electron chi connectivity index (χ4n) is 10.1. The summed E-state index contributed by atoms with van der Waals surface area (Å²) >= 11 is 0. The molecule has 1 saturated heterocycles. The van der Waals surface area contributed by atoms with Crippen LogP contribution in [-0.4, -0.2) is 129 Å². The van der Waals surface area contributed by atoms with Gasteiger partial charge in [0.1, 0.15) is 22.8 Å². The highest BCUT2D eigenvalue weighted by molar-refractivity contribution is 6.31. The van der Waals surface area contributed by atoms with E-state index < -0.39 is 126 Å². The zero-order valence-electron chi connectivity index (χ0n) is 38.2. The van der Waals surface area contributed by atoms with Crippen molar-refractivity contribution in [2.24, 2.45) is 22.9 Å². The number of ether oxygens (including phenoxy) is 5. The lowest BCUT2D eigenvalue weighted by Gasteiger charge is -2.43. The largest absolute Gasteiger partial charge is 0.507 e. The van der Waals surface area contributed by atoms with Crippen molar-refractivity contribution in [3.8, 4) is 17.2 Å². The van der Waals surface area contributed by atoms with Crippen LogP contribution in [0.15, 0.2) is 35.5 Å². The highest BCUT2D eigenvalue weighted by atomic mass is 16.7. The Bertz CT molecular complexity index is 2390. The van der Waals surface area contributed by atoms with Crippen LogP contribution in [0.3, 0.4) is 0 Å². The number of phenols is 2. The van der Waals surface area contributed by atoms with Crippen LogP contribution in [0.1, 0.15) is 128 Å². The van der Waals surface area contributed by atoms with Crippen molar-refractivity contribution in [2.45, 2.75) is 128 Å². The summed E-state index contributed by atoms with van der Waals surface area (Å²) in [5.41, 5.74) is -1.78. The Morgan fingerprint density at radius 1 is 0.941 bits per heavy atom. The van der Waals surface area contributed by atoms with Crippen molar-refractivity contribution in [2.75, 3.05) is 20.3 Å². The van der Waals surface area contributed by atoms with Gasteiger partial charge < -0.3 is 54.5 Å². The number of aromatic hydroxyl groups is 2. The number of ketones is 4. The molecule has 7 rings (SSSR count). The molecule has 20 heteroatoms. The average Bonchev–Trinajstić information content (AvgIpc) is 3.61. The smallest absolute Gasteiger partial charge is 0.305 e. The second-order valence-corrected chi connectivity index (χ2v) is 18.1. The number of esters is 2. The normalized spacial score (nSPS) is 27.1. The van der Waals surface area contributed by atoms with Gasteiger partial charge in [0.2, 0.25) is 18.0 Å². The predicted molar refractivity (Wildman–Crippen MR) is 235 cm³/mol. The van der Waals surface area contributed by atoms with E-state index in [-0.39, 0.29) is 70.6 Å². The van der Waals surface area contributed by atoms with Gasteiger partial charge in [0, 0.05) is 68.2 Å². The molecule has 0 radical (unpaired) electrons. The molecule has 1 saturated carbocycles. The molecule has 1 heterocycles.